The van der Waals surface area contributed by atoms with E-state index in [4.69, 9.17) is 10.3 Å². The van der Waals surface area contributed by atoms with Crippen molar-refractivity contribution in [1.29, 1.82) is 10.5 Å². The SMILES string of the molecule is CC(C)[n+]1cc(NC(=O)CSc2nc(N)c(C#N)c(-c3cccs3)c2C#N)on1. The molecule has 0 spiro atoms. The molecule has 0 aliphatic rings. The molecule has 0 aliphatic carbocycles. The van der Waals surface area contributed by atoms with Crippen LogP contribution in [0.4, 0.5) is 11.7 Å². The van der Waals surface area contributed by atoms with E-state index in [0.29, 0.717) is 5.56 Å². The first kappa shape index (κ1) is 20.3. The molecule has 0 aromatic carbocycles. The molecule has 0 atom stereocenters. The van der Waals surface area contributed by atoms with Crippen molar-refractivity contribution in [2.45, 2.75) is 24.9 Å². The van der Waals surface area contributed by atoms with Crippen LogP contribution in [0.2, 0.25) is 0 Å². The molecule has 29 heavy (non-hydrogen) atoms. The molecular formula is C18H16N7O2S2+. The number of thiophene rings is 1. The number of hydrogen-bond acceptors (Lipinski definition) is 9. The quantitative estimate of drug-likeness (QED) is 0.452. The minimum absolute atomic E-state index is 0.0195. The fourth-order valence-corrected chi connectivity index (χ4v) is 4.01. The van der Waals surface area contributed by atoms with E-state index < -0.39 is 0 Å². The third kappa shape index (κ3) is 4.37. The first-order chi connectivity index (χ1) is 13.9. The maximum absolute atomic E-state index is 12.3. The Balaban J connectivity index is 1.83. The van der Waals surface area contributed by atoms with E-state index in [1.54, 1.807) is 16.9 Å². The molecule has 146 valence electrons. The van der Waals surface area contributed by atoms with E-state index in [9.17, 15) is 15.3 Å². The first-order valence-electron chi connectivity index (χ1n) is 8.43. The lowest BCUT2D eigenvalue weighted by atomic mass is 10.0. The van der Waals surface area contributed by atoms with Gasteiger partial charge in [0.1, 0.15) is 28.5 Å². The summed E-state index contributed by atoms with van der Waals surface area (Å²) in [5, 5.41) is 27.7. The highest BCUT2D eigenvalue weighted by Gasteiger charge is 2.22. The molecule has 3 rings (SSSR count). The average Bonchev–Trinajstić information content (AvgIpc) is 3.37. The molecule has 0 radical (unpaired) electrons. The lowest BCUT2D eigenvalue weighted by molar-refractivity contribution is -0.779. The van der Waals surface area contributed by atoms with Gasteiger partial charge in [-0.25, -0.2) is 4.98 Å². The van der Waals surface area contributed by atoms with Crippen LogP contribution in [0.1, 0.15) is 31.0 Å². The van der Waals surface area contributed by atoms with Gasteiger partial charge in [0.25, 0.3) is 6.20 Å². The molecular weight excluding hydrogens is 410 g/mol. The molecule has 3 aromatic heterocycles. The number of carbonyl (C=O) groups excluding carboxylic acids is 1. The van der Waals surface area contributed by atoms with Crippen LogP contribution in [0.25, 0.3) is 10.4 Å². The zero-order chi connectivity index (χ0) is 21.0. The number of carbonyl (C=O) groups is 1. The van der Waals surface area contributed by atoms with Gasteiger partial charge in [-0.05, 0) is 30.0 Å². The van der Waals surface area contributed by atoms with E-state index in [1.165, 1.54) is 11.3 Å². The number of nitrogen functional groups attached to an aromatic ring is 1. The Kier molecular flexibility index (Phi) is 6.12. The summed E-state index contributed by atoms with van der Waals surface area (Å²) in [6, 6.07) is 7.83. The van der Waals surface area contributed by atoms with Crippen LogP contribution < -0.4 is 15.7 Å². The van der Waals surface area contributed by atoms with Crippen molar-refractivity contribution in [2.75, 3.05) is 16.8 Å². The molecule has 0 aliphatic heterocycles. The minimum Gasteiger partial charge on any atom is -0.383 e. The van der Waals surface area contributed by atoms with E-state index >= 15 is 0 Å². The summed E-state index contributed by atoms with van der Waals surface area (Å²) in [5.74, 6) is -0.144. The summed E-state index contributed by atoms with van der Waals surface area (Å²) < 4.78 is 6.64. The molecule has 0 bridgehead atoms. The number of anilines is 2. The molecule has 3 N–H and O–H groups in total. The Labute approximate surface area is 174 Å². The van der Waals surface area contributed by atoms with Crippen molar-refractivity contribution in [3.63, 3.8) is 0 Å². The molecule has 9 nitrogen and oxygen atoms in total. The van der Waals surface area contributed by atoms with Gasteiger partial charge in [0.2, 0.25) is 11.2 Å². The highest BCUT2D eigenvalue weighted by atomic mass is 32.2. The number of pyridine rings is 1. The maximum atomic E-state index is 12.3. The van der Waals surface area contributed by atoms with Gasteiger partial charge < -0.3 is 5.73 Å². The van der Waals surface area contributed by atoms with Crippen LogP contribution in [-0.4, -0.2) is 21.9 Å². The first-order valence-corrected chi connectivity index (χ1v) is 10.3. The Morgan fingerprint density at radius 1 is 1.41 bits per heavy atom. The van der Waals surface area contributed by atoms with E-state index in [0.717, 1.165) is 16.6 Å². The van der Waals surface area contributed by atoms with Crippen molar-refractivity contribution in [3.8, 4) is 22.6 Å². The Morgan fingerprint density at radius 2 is 2.17 bits per heavy atom. The summed E-state index contributed by atoms with van der Waals surface area (Å²) in [6.45, 7) is 3.86. The number of hydrogen-bond donors (Lipinski definition) is 2. The monoisotopic (exact) mass is 426 g/mol. The zero-order valence-corrected chi connectivity index (χ0v) is 17.2. The zero-order valence-electron chi connectivity index (χ0n) is 15.5. The summed E-state index contributed by atoms with van der Waals surface area (Å²) in [7, 11) is 0. The third-order valence-electron chi connectivity index (χ3n) is 3.80. The summed E-state index contributed by atoms with van der Waals surface area (Å²) in [4.78, 5) is 17.2. The van der Waals surface area contributed by atoms with Crippen molar-refractivity contribution >= 4 is 40.7 Å². The van der Waals surface area contributed by atoms with Gasteiger partial charge in [-0.1, -0.05) is 17.8 Å². The number of nitrogens with one attached hydrogen (secondary N) is 1. The second-order valence-electron chi connectivity index (χ2n) is 6.11. The third-order valence-corrected chi connectivity index (χ3v) is 5.66. The number of nitriles is 2. The predicted octanol–water partition coefficient (Wildman–Crippen LogP) is 2.72. The number of amides is 1. The van der Waals surface area contributed by atoms with E-state index in [1.807, 2.05) is 31.4 Å². The van der Waals surface area contributed by atoms with Crippen LogP contribution in [-0.2, 0) is 4.79 Å². The lowest BCUT2D eigenvalue weighted by Gasteiger charge is -2.11. The van der Waals surface area contributed by atoms with Gasteiger partial charge >= 0.3 is 5.88 Å². The molecule has 0 fully saturated rings. The van der Waals surface area contributed by atoms with Crippen LogP contribution >= 0.6 is 23.1 Å². The number of thioether (sulfide) groups is 1. The van der Waals surface area contributed by atoms with Crippen LogP contribution in [0, 0.1) is 22.7 Å². The van der Waals surface area contributed by atoms with Gasteiger partial charge in [-0.2, -0.15) is 10.5 Å². The van der Waals surface area contributed by atoms with Crippen LogP contribution in [0.5, 0.6) is 0 Å². The number of aromatic nitrogens is 3. The van der Waals surface area contributed by atoms with Gasteiger partial charge in [0.15, 0.2) is 6.04 Å². The second kappa shape index (κ2) is 8.73. The van der Waals surface area contributed by atoms with Gasteiger partial charge in [0, 0.05) is 10.4 Å². The maximum Gasteiger partial charge on any atom is 0.302 e. The van der Waals surface area contributed by atoms with Crippen molar-refractivity contribution in [2.24, 2.45) is 0 Å². The summed E-state index contributed by atoms with van der Waals surface area (Å²) in [6.07, 6.45) is 1.58. The molecule has 0 saturated heterocycles. The van der Waals surface area contributed by atoms with Crippen LogP contribution in [0.15, 0.2) is 33.3 Å². The predicted molar refractivity (Wildman–Crippen MR) is 108 cm³/mol. The standard InChI is InChI=1S/C18H15N7O2S2/c1-10(2)25-8-15(27-24-25)22-14(26)9-29-18-12(7-20)16(13-4-3-5-28-13)11(6-19)17(21)23-18/h3-5,8,10H,9H2,1-2H3,(H2-,21,22,23,24,26)/p+1. The molecule has 0 unspecified atom stereocenters. The largest absolute Gasteiger partial charge is 0.383 e. The summed E-state index contributed by atoms with van der Waals surface area (Å²) in [5.41, 5.74) is 6.75. The Bertz CT molecular complexity index is 1120. The number of nitrogens with two attached hydrogens (primary N) is 1. The van der Waals surface area contributed by atoms with Crippen molar-refractivity contribution in [1.82, 2.24) is 10.3 Å². The molecule has 11 heteroatoms. The smallest absolute Gasteiger partial charge is 0.302 e. The molecule has 3 aromatic rings. The fourth-order valence-electron chi connectivity index (χ4n) is 2.43. The molecule has 1 amide bonds. The number of nitrogens with zero attached hydrogens (tertiary/aromatic N) is 5. The van der Waals surface area contributed by atoms with Gasteiger partial charge in [-0.15, -0.1) is 11.3 Å². The number of rotatable bonds is 6. The molecule has 0 saturated carbocycles. The lowest BCUT2D eigenvalue weighted by Crippen LogP contribution is -2.36. The van der Waals surface area contributed by atoms with Crippen molar-refractivity contribution in [3.05, 3.63) is 34.8 Å². The van der Waals surface area contributed by atoms with E-state index in [-0.39, 0.29) is 45.6 Å². The summed E-state index contributed by atoms with van der Waals surface area (Å²) >= 11 is 2.45. The van der Waals surface area contributed by atoms with Crippen LogP contribution in [0.3, 0.4) is 0 Å². The van der Waals surface area contributed by atoms with Crippen molar-refractivity contribution < 1.29 is 14.0 Å². The topological polar surface area (TPSA) is 146 Å². The molecule has 3 heterocycles. The average molecular weight is 427 g/mol. The Morgan fingerprint density at radius 3 is 2.76 bits per heavy atom. The Hall–Kier alpha value is -3.41. The second-order valence-corrected chi connectivity index (χ2v) is 8.02. The normalized spacial score (nSPS) is 10.5. The van der Waals surface area contributed by atoms with E-state index in [2.05, 4.69) is 21.6 Å². The highest BCUT2D eigenvalue weighted by Crippen LogP contribution is 2.37. The minimum atomic E-state index is -0.353. The highest BCUT2D eigenvalue weighted by molar-refractivity contribution is 8.00. The van der Waals surface area contributed by atoms with Gasteiger partial charge in [0.05, 0.1) is 11.3 Å². The van der Waals surface area contributed by atoms with Gasteiger partial charge in [-0.3, -0.25) is 14.6 Å². The fraction of sp³-hybridized carbons (Fsp3) is 0.222.